The monoisotopic (exact) mass is 324 g/mol. The lowest BCUT2D eigenvalue weighted by molar-refractivity contribution is 0.104. The molecule has 1 aromatic heterocycles. The highest BCUT2D eigenvalue weighted by atomic mass is 16.4. The van der Waals surface area contributed by atoms with Gasteiger partial charge in [0.05, 0.1) is 0 Å². The van der Waals surface area contributed by atoms with E-state index in [0.717, 1.165) is 6.07 Å². The van der Waals surface area contributed by atoms with E-state index < -0.39 is 17.2 Å². The van der Waals surface area contributed by atoms with Crippen LogP contribution in [0.15, 0.2) is 57.8 Å². The summed E-state index contributed by atoms with van der Waals surface area (Å²) in [7, 11) is 0. The van der Waals surface area contributed by atoms with Crippen molar-refractivity contribution < 1.29 is 24.5 Å². The molecule has 2 aromatic carbocycles. The first-order valence-electron chi connectivity index (χ1n) is 6.95. The third kappa shape index (κ3) is 2.98. The van der Waals surface area contributed by atoms with E-state index in [1.807, 2.05) is 0 Å². The average molecular weight is 324 g/mol. The molecule has 3 N–H and O–H groups in total. The summed E-state index contributed by atoms with van der Waals surface area (Å²) in [6, 6.07) is 9.30. The van der Waals surface area contributed by atoms with Gasteiger partial charge in [-0.25, -0.2) is 4.79 Å². The average Bonchev–Trinajstić information content (AvgIpc) is 2.54. The lowest BCUT2D eigenvalue weighted by Gasteiger charge is -2.02. The molecule has 120 valence electrons. The molecule has 0 radical (unpaired) electrons. The zero-order valence-electron chi connectivity index (χ0n) is 12.3. The zero-order valence-corrected chi connectivity index (χ0v) is 12.3. The van der Waals surface area contributed by atoms with Gasteiger partial charge in [0.1, 0.15) is 11.3 Å². The van der Waals surface area contributed by atoms with Gasteiger partial charge in [0.15, 0.2) is 17.3 Å². The second-order valence-corrected chi connectivity index (χ2v) is 5.10. The Hall–Kier alpha value is -3.54. The highest BCUT2D eigenvalue weighted by Gasteiger charge is 2.08. The van der Waals surface area contributed by atoms with Crippen molar-refractivity contribution in [2.24, 2.45) is 0 Å². The standard InChI is InChI=1S/C18H12O6/c19-12-3-4-13-10(8-18(23)24-17(13)9-12)1-5-14(20)11-2-6-15(21)16(22)7-11/h1-9,19,21-22H/b5-1+. The molecule has 0 aliphatic carbocycles. The molecule has 1 heterocycles. The molecular weight excluding hydrogens is 312 g/mol. The summed E-state index contributed by atoms with van der Waals surface area (Å²) in [5.41, 5.74) is 0.239. The van der Waals surface area contributed by atoms with Crippen LogP contribution in [-0.2, 0) is 0 Å². The number of fused-ring (bicyclic) bond motifs is 1. The molecule has 0 saturated carbocycles. The molecule has 0 atom stereocenters. The predicted octanol–water partition coefficient (Wildman–Crippen LogP) is 2.81. The van der Waals surface area contributed by atoms with Gasteiger partial charge in [-0.2, -0.15) is 0 Å². The first-order valence-corrected chi connectivity index (χ1v) is 6.95. The van der Waals surface area contributed by atoms with Crippen LogP contribution in [0, 0.1) is 0 Å². The number of carbonyl (C=O) groups is 1. The van der Waals surface area contributed by atoms with Crippen LogP contribution in [-0.4, -0.2) is 21.1 Å². The molecule has 0 bridgehead atoms. The van der Waals surface area contributed by atoms with Crippen LogP contribution >= 0.6 is 0 Å². The Balaban J connectivity index is 1.99. The molecule has 6 heteroatoms. The first kappa shape index (κ1) is 15.4. The lowest BCUT2D eigenvalue weighted by Crippen LogP contribution is -1.98. The Morgan fingerprint density at radius 2 is 1.75 bits per heavy atom. The fraction of sp³-hybridized carbons (Fsp3) is 0. The maximum Gasteiger partial charge on any atom is 0.336 e. The topological polar surface area (TPSA) is 108 Å². The molecule has 0 fully saturated rings. The Morgan fingerprint density at radius 3 is 2.50 bits per heavy atom. The molecule has 0 saturated heterocycles. The third-order valence-electron chi connectivity index (χ3n) is 3.43. The summed E-state index contributed by atoms with van der Waals surface area (Å²) < 4.78 is 5.01. The van der Waals surface area contributed by atoms with E-state index in [1.54, 1.807) is 6.07 Å². The SMILES string of the molecule is O=C(/C=C/c1cc(=O)oc2cc(O)ccc12)c1ccc(O)c(O)c1. The van der Waals surface area contributed by atoms with Crippen LogP contribution in [0.5, 0.6) is 17.2 Å². The number of benzene rings is 2. The summed E-state index contributed by atoms with van der Waals surface area (Å²) in [5, 5.41) is 28.7. The lowest BCUT2D eigenvalue weighted by atomic mass is 10.1. The number of rotatable bonds is 3. The van der Waals surface area contributed by atoms with Crippen molar-refractivity contribution >= 4 is 22.8 Å². The first-order chi connectivity index (χ1) is 11.4. The minimum Gasteiger partial charge on any atom is -0.508 e. The fourth-order valence-electron chi connectivity index (χ4n) is 2.25. The van der Waals surface area contributed by atoms with E-state index in [2.05, 4.69) is 0 Å². The van der Waals surface area contributed by atoms with Crippen LogP contribution < -0.4 is 5.63 Å². The maximum absolute atomic E-state index is 12.1. The van der Waals surface area contributed by atoms with Gasteiger partial charge < -0.3 is 19.7 Å². The molecule has 0 aliphatic heterocycles. The van der Waals surface area contributed by atoms with Crippen LogP contribution in [0.1, 0.15) is 15.9 Å². The minimum atomic E-state index is -0.609. The van der Waals surface area contributed by atoms with Gasteiger partial charge in [-0.15, -0.1) is 0 Å². The molecule has 3 aromatic rings. The van der Waals surface area contributed by atoms with Crippen molar-refractivity contribution in [3.8, 4) is 17.2 Å². The van der Waals surface area contributed by atoms with Gasteiger partial charge in [-0.3, -0.25) is 4.79 Å². The van der Waals surface area contributed by atoms with Gasteiger partial charge in [0.25, 0.3) is 0 Å². The van der Waals surface area contributed by atoms with Crippen molar-refractivity contribution in [1.29, 1.82) is 0 Å². The summed E-state index contributed by atoms with van der Waals surface area (Å²) >= 11 is 0. The Labute approximate surface area is 135 Å². The largest absolute Gasteiger partial charge is 0.508 e. The van der Waals surface area contributed by atoms with Crippen molar-refractivity contribution in [3.05, 3.63) is 70.1 Å². The third-order valence-corrected chi connectivity index (χ3v) is 3.43. The number of allylic oxidation sites excluding steroid dienone is 1. The summed E-state index contributed by atoms with van der Waals surface area (Å²) in [6.07, 6.45) is 2.69. The van der Waals surface area contributed by atoms with Gasteiger partial charge in [-0.1, -0.05) is 6.08 Å². The van der Waals surface area contributed by atoms with E-state index in [4.69, 9.17) is 4.42 Å². The number of carbonyl (C=O) groups excluding carboxylic acids is 1. The zero-order chi connectivity index (χ0) is 17.3. The van der Waals surface area contributed by atoms with E-state index in [0.29, 0.717) is 10.9 Å². The predicted molar refractivity (Wildman–Crippen MR) is 87.3 cm³/mol. The van der Waals surface area contributed by atoms with Crippen molar-refractivity contribution in [3.63, 3.8) is 0 Å². The number of hydrogen-bond acceptors (Lipinski definition) is 6. The Morgan fingerprint density at radius 1 is 0.958 bits per heavy atom. The Kier molecular flexibility index (Phi) is 3.79. The molecule has 0 spiro atoms. The molecule has 0 unspecified atom stereocenters. The van der Waals surface area contributed by atoms with E-state index in [9.17, 15) is 24.9 Å². The normalized spacial score (nSPS) is 11.2. The minimum absolute atomic E-state index is 0.0394. The Bertz CT molecular complexity index is 1030. The van der Waals surface area contributed by atoms with Crippen LogP contribution in [0.2, 0.25) is 0 Å². The van der Waals surface area contributed by atoms with Crippen molar-refractivity contribution in [2.75, 3.05) is 0 Å². The number of hydrogen-bond donors (Lipinski definition) is 3. The number of phenolic OH excluding ortho intramolecular Hbond substituents is 3. The number of aromatic hydroxyl groups is 3. The number of ketones is 1. The highest BCUT2D eigenvalue weighted by molar-refractivity contribution is 6.08. The molecule has 0 amide bonds. The van der Waals surface area contributed by atoms with E-state index in [1.165, 1.54) is 42.5 Å². The molecule has 6 nitrogen and oxygen atoms in total. The highest BCUT2D eigenvalue weighted by Crippen LogP contribution is 2.26. The van der Waals surface area contributed by atoms with Crippen LogP contribution in [0.25, 0.3) is 17.0 Å². The smallest absolute Gasteiger partial charge is 0.336 e. The second kappa shape index (κ2) is 5.92. The maximum atomic E-state index is 12.1. The van der Waals surface area contributed by atoms with E-state index >= 15 is 0 Å². The van der Waals surface area contributed by atoms with Gasteiger partial charge in [-0.05, 0) is 42.0 Å². The van der Waals surface area contributed by atoms with Crippen LogP contribution in [0.4, 0.5) is 0 Å². The molecule has 24 heavy (non-hydrogen) atoms. The van der Waals surface area contributed by atoms with Gasteiger partial charge >= 0.3 is 5.63 Å². The summed E-state index contributed by atoms with van der Waals surface area (Å²) in [4.78, 5) is 23.7. The molecule has 3 rings (SSSR count). The summed E-state index contributed by atoms with van der Waals surface area (Å²) in [6.45, 7) is 0. The number of phenols is 3. The fourth-order valence-corrected chi connectivity index (χ4v) is 2.25. The van der Waals surface area contributed by atoms with Crippen LogP contribution in [0.3, 0.4) is 0 Å². The van der Waals surface area contributed by atoms with Gasteiger partial charge in [0.2, 0.25) is 0 Å². The second-order valence-electron chi connectivity index (χ2n) is 5.10. The molecular formula is C18H12O6. The van der Waals surface area contributed by atoms with Crippen molar-refractivity contribution in [2.45, 2.75) is 0 Å². The summed E-state index contributed by atoms with van der Waals surface area (Å²) in [5.74, 6) is -1.16. The van der Waals surface area contributed by atoms with E-state index in [-0.39, 0.29) is 22.6 Å². The van der Waals surface area contributed by atoms with Gasteiger partial charge in [0, 0.05) is 23.1 Å². The quantitative estimate of drug-likeness (QED) is 0.296. The van der Waals surface area contributed by atoms with Crippen molar-refractivity contribution in [1.82, 2.24) is 0 Å². The molecule has 0 aliphatic rings.